The van der Waals surface area contributed by atoms with Gasteiger partial charge in [0, 0.05) is 24.7 Å². The first-order valence-electron chi connectivity index (χ1n) is 9.46. The van der Waals surface area contributed by atoms with Crippen LogP contribution in [0.2, 0.25) is 5.02 Å². The number of carbonyl (C=O) groups excluding carboxylic acids is 2. The van der Waals surface area contributed by atoms with Crippen molar-refractivity contribution in [1.82, 2.24) is 14.8 Å². The third kappa shape index (κ3) is 5.51. The van der Waals surface area contributed by atoms with Crippen LogP contribution in [0.4, 0.5) is 11.4 Å². The van der Waals surface area contributed by atoms with Gasteiger partial charge in [0.2, 0.25) is 11.8 Å². The Morgan fingerprint density at radius 2 is 1.84 bits per heavy atom. The smallest absolute Gasteiger partial charge is 0.234 e. The van der Waals surface area contributed by atoms with Crippen molar-refractivity contribution >= 4 is 46.6 Å². The van der Waals surface area contributed by atoms with E-state index in [-0.39, 0.29) is 17.6 Å². The average Bonchev–Trinajstić information content (AvgIpc) is 3.13. The molecule has 1 heterocycles. The molecule has 0 aliphatic carbocycles. The molecule has 0 atom stereocenters. The lowest BCUT2D eigenvalue weighted by Gasteiger charge is -2.13. The van der Waals surface area contributed by atoms with Gasteiger partial charge in [-0.15, -0.1) is 10.2 Å². The van der Waals surface area contributed by atoms with Crippen molar-refractivity contribution in [2.45, 2.75) is 19.0 Å². The molecule has 3 aromatic rings. The predicted molar refractivity (Wildman–Crippen MR) is 124 cm³/mol. The van der Waals surface area contributed by atoms with E-state index < -0.39 is 0 Å². The predicted octanol–water partition coefficient (Wildman–Crippen LogP) is 3.94. The molecule has 1 aromatic heterocycles. The highest BCUT2D eigenvalue weighted by Crippen LogP contribution is 2.36. The third-order valence-corrected chi connectivity index (χ3v) is 5.52. The van der Waals surface area contributed by atoms with E-state index in [0.29, 0.717) is 38.9 Å². The van der Waals surface area contributed by atoms with E-state index in [4.69, 9.17) is 21.1 Å². The fraction of sp³-hybridized carbons (Fsp3) is 0.238. The van der Waals surface area contributed by atoms with E-state index in [9.17, 15) is 9.59 Å². The second-order valence-corrected chi connectivity index (χ2v) is 7.97. The lowest BCUT2D eigenvalue weighted by molar-refractivity contribution is -0.114. The Hall–Kier alpha value is -3.24. The average molecular weight is 476 g/mol. The number of carbonyl (C=O) groups is 2. The van der Waals surface area contributed by atoms with E-state index in [2.05, 4.69) is 20.8 Å². The SMILES string of the molecule is COc1cc(NC(=O)CSc2nnc(C)n2-c2cccc(NC(C)=O)c2)c(OC)cc1Cl. The number of hydrogen-bond donors (Lipinski definition) is 2. The summed E-state index contributed by atoms with van der Waals surface area (Å²) in [5, 5.41) is 14.8. The van der Waals surface area contributed by atoms with Crippen LogP contribution in [-0.4, -0.2) is 46.6 Å². The maximum Gasteiger partial charge on any atom is 0.234 e. The van der Waals surface area contributed by atoms with Gasteiger partial charge < -0.3 is 20.1 Å². The molecule has 0 fully saturated rings. The van der Waals surface area contributed by atoms with Gasteiger partial charge >= 0.3 is 0 Å². The van der Waals surface area contributed by atoms with Crippen LogP contribution in [0.15, 0.2) is 41.6 Å². The molecule has 9 nitrogen and oxygen atoms in total. The number of nitrogens with zero attached hydrogens (tertiary/aromatic N) is 3. The van der Waals surface area contributed by atoms with Crippen molar-refractivity contribution in [3.05, 3.63) is 47.2 Å². The van der Waals surface area contributed by atoms with Crippen molar-refractivity contribution in [1.29, 1.82) is 0 Å². The topological polar surface area (TPSA) is 107 Å². The van der Waals surface area contributed by atoms with Gasteiger partial charge in [0.05, 0.1) is 36.4 Å². The first-order chi connectivity index (χ1) is 15.3. The Kier molecular flexibility index (Phi) is 7.60. The summed E-state index contributed by atoms with van der Waals surface area (Å²) >= 11 is 7.34. The number of thioether (sulfide) groups is 1. The van der Waals surface area contributed by atoms with Crippen molar-refractivity contribution in [3.8, 4) is 17.2 Å². The Morgan fingerprint density at radius 1 is 1.09 bits per heavy atom. The normalized spacial score (nSPS) is 10.5. The zero-order valence-corrected chi connectivity index (χ0v) is 19.5. The Balaban J connectivity index is 1.75. The Morgan fingerprint density at radius 3 is 2.53 bits per heavy atom. The number of anilines is 2. The number of hydrogen-bond acceptors (Lipinski definition) is 7. The summed E-state index contributed by atoms with van der Waals surface area (Å²) in [6.45, 7) is 3.26. The highest BCUT2D eigenvalue weighted by Gasteiger charge is 2.16. The van der Waals surface area contributed by atoms with Crippen LogP contribution >= 0.6 is 23.4 Å². The molecule has 11 heteroatoms. The van der Waals surface area contributed by atoms with Gasteiger partial charge in [-0.3, -0.25) is 14.2 Å². The van der Waals surface area contributed by atoms with Gasteiger partial charge in [-0.25, -0.2) is 0 Å². The number of aromatic nitrogens is 3. The van der Waals surface area contributed by atoms with Crippen LogP contribution in [0.3, 0.4) is 0 Å². The minimum Gasteiger partial charge on any atom is -0.495 e. The summed E-state index contributed by atoms with van der Waals surface area (Å²) in [6.07, 6.45) is 0. The van der Waals surface area contributed by atoms with E-state index in [1.165, 1.54) is 32.9 Å². The van der Waals surface area contributed by atoms with Crippen LogP contribution in [0.5, 0.6) is 11.5 Å². The summed E-state index contributed by atoms with van der Waals surface area (Å²) in [4.78, 5) is 24.0. The third-order valence-electron chi connectivity index (χ3n) is 4.30. The maximum absolute atomic E-state index is 12.6. The van der Waals surface area contributed by atoms with Crippen LogP contribution in [-0.2, 0) is 9.59 Å². The molecule has 0 aliphatic heterocycles. The highest BCUT2D eigenvalue weighted by atomic mass is 35.5. The van der Waals surface area contributed by atoms with Gasteiger partial charge in [0.15, 0.2) is 5.16 Å². The first-order valence-corrected chi connectivity index (χ1v) is 10.8. The number of ether oxygens (including phenoxy) is 2. The molecule has 2 aromatic carbocycles. The molecule has 0 spiro atoms. The maximum atomic E-state index is 12.6. The monoisotopic (exact) mass is 475 g/mol. The lowest BCUT2D eigenvalue weighted by Crippen LogP contribution is -2.15. The van der Waals surface area contributed by atoms with Gasteiger partial charge in [-0.1, -0.05) is 29.4 Å². The van der Waals surface area contributed by atoms with Gasteiger partial charge in [0.1, 0.15) is 17.3 Å². The fourth-order valence-corrected chi connectivity index (χ4v) is 3.96. The molecular formula is C21H22ClN5O4S. The largest absolute Gasteiger partial charge is 0.495 e. The minimum absolute atomic E-state index is 0.0810. The molecule has 0 aliphatic rings. The molecule has 0 saturated heterocycles. The number of halogens is 1. The van der Waals surface area contributed by atoms with Gasteiger partial charge in [-0.05, 0) is 25.1 Å². The van der Waals surface area contributed by atoms with Crippen molar-refractivity contribution in [2.24, 2.45) is 0 Å². The molecule has 168 valence electrons. The number of benzene rings is 2. The second-order valence-electron chi connectivity index (χ2n) is 6.62. The number of aryl methyl sites for hydroxylation is 1. The summed E-state index contributed by atoms with van der Waals surface area (Å²) < 4.78 is 12.3. The van der Waals surface area contributed by atoms with Crippen LogP contribution in [0.25, 0.3) is 5.69 Å². The first kappa shape index (κ1) is 23.4. The van der Waals surface area contributed by atoms with E-state index in [1.807, 2.05) is 29.7 Å². The molecule has 0 radical (unpaired) electrons. The molecule has 2 amide bonds. The van der Waals surface area contributed by atoms with Crippen LogP contribution in [0.1, 0.15) is 12.7 Å². The molecule has 3 rings (SSSR count). The molecular weight excluding hydrogens is 454 g/mol. The quantitative estimate of drug-likeness (QED) is 0.475. The zero-order chi connectivity index (χ0) is 23.3. The van der Waals surface area contributed by atoms with Gasteiger partial charge in [0.25, 0.3) is 0 Å². The van der Waals surface area contributed by atoms with E-state index in [1.54, 1.807) is 18.2 Å². The van der Waals surface area contributed by atoms with Gasteiger partial charge in [-0.2, -0.15) is 0 Å². The molecule has 32 heavy (non-hydrogen) atoms. The zero-order valence-electron chi connectivity index (χ0n) is 17.9. The van der Waals surface area contributed by atoms with Crippen LogP contribution < -0.4 is 20.1 Å². The molecule has 0 bridgehead atoms. The van der Waals surface area contributed by atoms with Crippen molar-refractivity contribution in [2.75, 3.05) is 30.6 Å². The molecule has 2 N–H and O–H groups in total. The number of nitrogens with one attached hydrogen (secondary N) is 2. The standard InChI is InChI=1S/C21H22ClN5O4S/c1-12-25-26-21(27(12)15-7-5-6-14(8-15)23-13(2)28)32-11-20(29)24-17-10-18(30-3)16(22)9-19(17)31-4/h5-10H,11H2,1-4H3,(H,23,28)(H,24,29). The Bertz CT molecular complexity index is 1150. The number of rotatable bonds is 8. The second kappa shape index (κ2) is 10.4. The van der Waals surface area contributed by atoms with Crippen molar-refractivity contribution < 1.29 is 19.1 Å². The Labute approximate surface area is 194 Å². The summed E-state index contributed by atoms with van der Waals surface area (Å²) in [6, 6.07) is 10.5. The highest BCUT2D eigenvalue weighted by molar-refractivity contribution is 7.99. The molecule has 0 unspecified atom stereocenters. The summed E-state index contributed by atoms with van der Waals surface area (Å²) in [7, 11) is 2.98. The summed E-state index contributed by atoms with van der Waals surface area (Å²) in [5.41, 5.74) is 1.87. The minimum atomic E-state index is -0.267. The van der Waals surface area contributed by atoms with E-state index >= 15 is 0 Å². The summed E-state index contributed by atoms with van der Waals surface area (Å²) in [5.74, 6) is 1.14. The van der Waals surface area contributed by atoms with Crippen molar-refractivity contribution in [3.63, 3.8) is 0 Å². The van der Waals surface area contributed by atoms with E-state index in [0.717, 1.165) is 5.69 Å². The lowest BCUT2D eigenvalue weighted by atomic mass is 10.2. The molecule has 0 saturated carbocycles. The fourth-order valence-electron chi connectivity index (χ4n) is 2.93. The number of amides is 2. The number of methoxy groups -OCH3 is 2. The van der Waals surface area contributed by atoms with Crippen LogP contribution in [0, 0.1) is 6.92 Å².